The molecule has 26 heavy (non-hydrogen) atoms. The number of benzene rings is 2. The van der Waals surface area contributed by atoms with Crippen molar-refractivity contribution in [3.05, 3.63) is 65.7 Å². The second-order valence-electron chi connectivity index (χ2n) is 6.15. The third-order valence-electron chi connectivity index (χ3n) is 4.46. The number of fused-ring (bicyclic) bond motifs is 3. The molecule has 4 rings (SSSR count). The van der Waals surface area contributed by atoms with Crippen molar-refractivity contribution in [3.8, 4) is 0 Å². The first-order valence-electron chi connectivity index (χ1n) is 8.35. The molecule has 0 bridgehead atoms. The lowest BCUT2D eigenvalue weighted by atomic mass is 10.1. The number of pyridine rings is 1. The van der Waals surface area contributed by atoms with E-state index in [0.29, 0.717) is 5.16 Å². The van der Waals surface area contributed by atoms with Gasteiger partial charge in [0.15, 0.2) is 10.8 Å². The van der Waals surface area contributed by atoms with E-state index < -0.39 is 0 Å². The van der Waals surface area contributed by atoms with Crippen molar-refractivity contribution in [3.63, 3.8) is 0 Å². The van der Waals surface area contributed by atoms with Crippen LogP contribution < -0.4 is 5.32 Å². The fourth-order valence-electron chi connectivity index (χ4n) is 2.91. The van der Waals surface area contributed by atoms with Gasteiger partial charge in [0, 0.05) is 5.69 Å². The second-order valence-corrected chi connectivity index (χ2v) is 7.10. The molecule has 6 heteroatoms. The number of hydrogen-bond acceptors (Lipinski definition) is 4. The number of hydrogen-bond donors (Lipinski definition) is 1. The largest absolute Gasteiger partial charge is 0.325 e. The summed E-state index contributed by atoms with van der Waals surface area (Å²) in [5.74, 6) is 0.220. The Hall–Kier alpha value is -2.86. The van der Waals surface area contributed by atoms with Crippen LogP contribution >= 0.6 is 11.8 Å². The monoisotopic (exact) mass is 362 g/mol. The zero-order valence-electron chi connectivity index (χ0n) is 14.6. The smallest absolute Gasteiger partial charge is 0.234 e. The molecule has 0 spiro atoms. The van der Waals surface area contributed by atoms with E-state index in [2.05, 4.69) is 21.6 Å². The minimum Gasteiger partial charge on any atom is -0.325 e. The molecule has 0 aliphatic carbocycles. The van der Waals surface area contributed by atoms with Crippen LogP contribution in [0.1, 0.15) is 11.1 Å². The zero-order chi connectivity index (χ0) is 18.1. The second kappa shape index (κ2) is 6.80. The van der Waals surface area contributed by atoms with Gasteiger partial charge in [-0.1, -0.05) is 42.1 Å². The molecule has 0 aliphatic rings. The Morgan fingerprint density at radius 2 is 1.88 bits per heavy atom. The van der Waals surface area contributed by atoms with Gasteiger partial charge in [-0.05, 0) is 54.6 Å². The molecule has 0 radical (unpaired) electrons. The summed E-state index contributed by atoms with van der Waals surface area (Å²) >= 11 is 1.39. The summed E-state index contributed by atoms with van der Waals surface area (Å²) < 4.78 is 1.99. The molecular formula is C20H18N4OS. The number of aromatic nitrogens is 3. The number of para-hydroxylation sites is 1. The molecule has 0 aliphatic heterocycles. The number of rotatable bonds is 4. The van der Waals surface area contributed by atoms with Crippen LogP contribution in [0, 0.1) is 13.8 Å². The normalized spacial score (nSPS) is 11.2. The lowest BCUT2D eigenvalue weighted by molar-refractivity contribution is -0.113. The van der Waals surface area contributed by atoms with Crippen LogP contribution in [0.3, 0.4) is 0 Å². The first-order valence-corrected chi connectivity index (χ1v) is 9.34. The summed E-state index contributed by atoms with van der Waals surface area (Å²) in [5, 5.41) is 13.3. The highest BCUT2D eigenvalue weighted by Gasteiger charge is 2.12. The van der Waals surface area contributed by atoms with E-state index >= 15 is 0 Å². The highest BCUT2D eigenvalue weighted by molar-refractivity contribution is 7.99. The highest BCUT2D eigenvalue weighted by atomic mass is 32.2. The fourth-order valence-corrected chi connectivity index (χ4v) is 3.66. The third-order valence-corrected chi connectivity index (χ3v) is 5.39. The maximum Gasteiger partial charge on any atom is 0.234 e. The number of carbonyl (C=O) groups is 1. The van der Waals surface area contributed by atoms with Crippen LogP contribution in [-0.4, -0.2) is 26.3 Å². The van der Waals surface area contributed by atoms with Gasteiger partial charge in [0.25, 0.3) is 0 Å². The van der Waals surface area contributed by atoms with Crippen molar-refractivity contribution >= 4 is 39.9 Å². The van der Waals surface area contributed by atoms with Gasteiger partial charge in [-0.3, -0.25) is 9.20 Å². The fraction of sp³-hybridized carbons (Fsp3) is 0.150. The Labute approximate surface area is 155 Å². The summed E-state index contributed by atoms with van der Waals surface area (Å²) in [6, 6.07) is 18.0. The molecule has 130 valence electrons. The number of thioether (sulfide) groups is 1. The van der Waals surface area contributed by atoms with Gasteiger partial charge in [-0.15, -0.1) is 10.2 Å². The molecule has 1 N–H and O–H groups in total. The maximum atomic E-state index is 12.4. The standard InChI is InChI=1S/C20H18N4OS/c1-13-6-5-8-16(14(13)2)21-19(25)12-26-20-23-22-18-11-10-15-7-3-4-9-17(15)24(18)20/h3-11H,12H2,1-2H3,(H,21,25). The lowest BCUT2D eigenvalue weighted by Crippen LogP contribution is -2.15. The van der Waals surface area contributed by atoms with E-state index in [-0.39, 0.29) is 11.7 Å². The molecule has 4 aromatic rings. The van der Waals surface area contributed by atoms with Gasteiger partial charge in [-0.2, -0.15) is 0 Å². The number of amides is 1. The van der Waals surface area contributed by atoms with Crippen molar-refractivity contribution in [1.29, 1.82) is 0 Å². The van der Waals surface area contributed by atoms with E-state index in [1.807, 2.05) is 66.8 Å². The van der Waals surface area contributed by atoms with E-state index in [1.165, 1.54) is 11.8 Å². The zero-order valence-corrected chi connectivity index (χ0v) is 15.4. The number of nitrogens with one attached hydrogen (secondary N) is 1. The van der Waals surface area contributed by atoms with E-state index in [1.54, 1.807) is 0 Å². The van der Waals surface area contributed by atoms with Crippen molar-refractivity contribution in [2.75, 3.05) is 11.1 Å². The van der Waals surface area contributed by atoms with E-state index in [0.717, 1.165) is 33.4 Å². The van der Waals surface area contributed by atoms with Crippen molar-refractivity contribution < 1.29 is 4.79 Å². The molecule has 0 fully saturated rings. The molecule has 0 saturated heterocycles. The van der Waals surface area contributed by atoms with Crippen LogP contribution in [0.2, 0.25) is 0 Å². The molecule has 2 aromatic heterocycles. The predicted molar refractivity (Wildman–Crippen MR) is 106 cm³/mol. The Kier molecular flexibility index (Phi) is 4.34. The first-order chi connectivity index (χ1) is 12.6. The van der Waals surface area contributed by atoms with Crippen molar-refractivity contribution in [1.82, 2.24) is 14.6 Å². The van der Waals surface area contributed by atoms with Crippen LogP contribution in [0.5, 0.6) is 0 Å². The molecule has 0 unspecified atom stereocenters. The summed E-state index contributed by atoms with van der Waals surface area (Å²) in [6.45, 7) is 4.05. The van der Waals surface area contributed by atoms with Crippen LogP contribution in [0.25, 0.3) is 16.6 Å². The van der Waals surface area contributed by atoms with Crippen molar-refractivity contribution in [2.45, 2.75) is 19.0 Å². The third kappa shape index (κ3) is 3.04. The summed E-state index contributed by atoms with van der Waals surface area (Å²) in [6.07, 6.45) is 0. The quantitative estimate of drug-likeness (QED) is 0.552. The van der Waals surface area contributed by atoms with Gasteiger partial charge in [0.2, 0.25) is 5.91 Å². The Morgan fingerprint density at radius 1 is 1.04 bits per heavy atom. The summed E-state index contributed by atoms with van der Waals surface area (Å²) in [7, 11) is 0. The molecular weight excluding hydrogens is 344 g/mol. The predicted octanol–water partition coefficient (Wildman–Crippen LogP) is 4.23. The molecule has 1 amide bonds. The van der Waals surface area contributed by atoms with Crippen LogP contribution in [0.4, 0.5) is 5.69 Å². The van der Waals surface area contributed by atoms with Crippen molar-refractivity contribution in [2.24, 2.45) is 0 Å². The van der Waals surface area contributed by atoms with E-state index in [4.69, 9.17) is 0 Å². The number of anilines is 1. The minimum absolute atomic E-state index is 0.0549. The minimum atomic E-state index is -0.0549. The molecule has 0 saturated carbocycles. The average molecular weight is 362 g/mol. The van der Waals surface area contributed by atoms with Gasteiger partial charge in [0.1, 0.15) is 0 Å². The molecule has 2 aromatic carbocycles. The van der Waals surface area contributed by atoms with Crippen LogP contribution in [-0.2, 0) is 4.79 Å². The number of aryl methyl sites for hydroxylation is 1. The Morgan fingerprint density at radius 3 is 2.77 bits per heavy atom. The number of carbonyl (C=O) groups excluding carboxylic acids is 1. The molecule has 2 heterocycles. The van der Waals surface area contributed by atoms with Crippen LogP contribution in [0.15, 0.2) is 59.8 Å². The molecule has 0 atom stereocenters. The topological polar surface area (TPSA) is 59.3 Å². The first kappa shape index (κ1) is 16.6. The van der Waals surface area contributed by atoms with Gasteiger partial charge >= 0.3 is 0 Å². The summed E-state index contributed by atoms with van der Waals surface area (Å²) in [5.41, 5.74) is 4.91. The Balaban J connectivity index is 1.55. The maximum absolute atomic E-state index is 12.4. The number of nitrogens with zero attached hydrogens (tertiary/aromatic N) is 3. The highest BCUT2D eigenvalue weighted by Crippen LogP contribution is 2.24. The van der Waals surface area contributed by atoms with E-state index in [9.17, 15) is 4.79 Å². The molecule has 5 nitrogen and oxygen atoms in total. The average Bonchev–Trinajstić information content (AvgIpc) is 3.07. The SMILES string of the molecule is Cc1cccc(NC(=O)CSc2nnc3ccc4ccccc4n23)c1C. The van der Waals surface area contributed by atoms with Gasteiger partial charge < -0.3 is 5.32 Å². The summed E-state index contributed by atoms with van der Waals surface area (Å²) in [4.78, 5) is 12.4. The Bertz CT molecular complexity index is 1120. The van der Waals surface area contributed by atoms with Gasteiger partial charge in [0.05, 0.1) is 11.3 Å². The lowest BCUT2D eigenvalue weighted by Gasteiger charge is -2.10. The van der Waals surface area contributed by atoms with Gasteiger partial charge in [-0.25, -0.2) is 0 Å².